The predicted molar refractivity (Wildman–Crippen MR) is 171 cm³/mol. The number of carboxylic acids is 1. The fourth-order valence-corrected chi connectivity index (χ4v) is 8.21. The van der Waals surface area contributed by atoms with E-state index >= 15 is 0 Å². The Kier molecular flexibility index (Phi) is 14.6. The average Bonchev–Trinajstić information content (AvgIpc) is 3.08. The van der Waals surface area contributed by atoms with Gasteiger partial charge in [0.05, 0.1) is 49.6 Å². The van der Waals surface area contributed by atoms with E-state index in [9.17, 15) is 45.0 Å². The molecular weight excluding hydrogens is 646 g/mol. The predicted octanol–water partition coefficient (Wildman–Crippen LogP) is 0.249. The molecule has 4 aliphatic rings. The lowest BCUT2D eigenvalue weighted by Gasteiger charge is -2.49. The van der Waals surface area contributed by atoms with Crippen molar-refractivity contribution in [1.29, 1.82) is 0 Å². The van der Waals surface area contributed by atoms with Crippen molar-refractivity contribution < 1.29 is 68.7 Å². The number of aliphatic hydroxyl groups is 5. The first-order valence-corrected chi connectivity index (χ1v) is 17.8. The number of carbonyl (C=O) groups is 3. The first-order valence-electron chi connectivity index (χ1n) is 17.8. The van der Waals surface area contributed by atoms with E-state index in [2.05, 4.69) is 5.32 Å². The van der Waals surface area contributed by atoms with Gasteiger partial charge in [-0.15, -0.1) is 0 Å². The minimum atomic E-state index is -1.59. The van der Waals surface area contributed by atoms with Gasteiger partial charge in [0.25, 0.3) is 0 Å². The molecular formula is C34H57NO14. The molecule has 0 aromatic rings. The topological polar surface area (TPSA) is 231 Å². The van der Waals surface area contributed by atoms with E-state index in [0.717, 1.165) is 32.1 Å². The molecule has 3 saturated carbocycles. The monoisotopic (exact) mass is 703 g/mol. The minimum absolute atomic E-state index is 0.0518. The lowest BCUT2D eigenvalue weighted by Crippen LogP contribution is -2.65. The molecule has 0 spiro atoms. The summed E-state index contributed by atoms with van der Waals surface area (Å²) < 4.78 is 30.1. The van der Waals surface area contributed by atoms with Crippen molar-refractivity contribution in [3.8, 4) is 0 Å². The molecule has 7 N–H and O–H groups in total. The second kappa shape index (κ2) is 18.0. The summed E-state index contributed by atoms with van der Waals surface area (Å²) in [6.07, 6.45) is -7.06. The molecule has 15 atom stereocenters. The van der Waals surface area contributed by atoms with Crippen LogP contribution in [0.5, 0.6) is 0 Å². The standard InChI is InChI=1S/C34H57NO14/c1-5-19-12-20(33(44)45-4)13-23(30(19)49-34-29(41)28(40)26(38)16(2)46-34)47-22-14-21(15-36)27(39)31(25(22)35-17(3)37)48-24(32(42)43)11-18-9-7-6-8-10-18/h16,18-31,34,36,38-41H,5-15H2,1-4H3,(H,35,37)(H,42,43)/t16?,19?,20?,21?,22-,23-,24+,25?,26-,27+,28?,29?,30?,31?,34+/m1/s1. The molecule has 0 radical (unpaired) electrons. The van der Waals surface area contributed by atoms with Gasteiger partial charge >= 0.3 is 11.9 Å². The van der Waals surface area contributed by atoms with E-state index in [1.165, 1.54) is 21.0 Å². The minimum Gasteiger partial charge on any atom is -0.479 e. The molecule has 3 aliphatic carbocycles. The average molecular weight is 704 g/mol. The van der Waals surface area contributed by atoms with Crippen LogP contribution >= 0.6 is 0 Å². The maximum absolute atomic E-state index is 12.8. The van der Waals surface area contributed by atoms with Crippen LogP contribution in [0.25, 0.3) is 0 Å². The highest BCUT2D eigenvalue weighted by molar-refractivity contribution is 5.74. The van der Waals surface area contributed by atoms with Gasteiger partial charge < -0.3 is 59.6 Å². The summed E-state index contributed by atoms with van der Waals surface area (Å²) in [5, 5.41) is 66.2. The molecule has 0 aromatic carbocycles. The number of methoxy groups -OCH3 is 1. The molecule has 4 fully saturated rings. The van der Waals surface area contributed by atoms with Gasteiger partial charge in [0.1, 0.15) is 24.4 Å². The van der Waals surface area contributed by atoms with Crippen LogP contribution in [0.15, 0.2) is 0 Å². The maximum atomic E-state index is 12.8. The number of ether oxygens (including phenoxy) is 5. The highest BCUT2D eigenvalue weighted by Crippen LogP contribution is 2.41. The molecule has 1 heterocycles. The second-order valence-corrected chi connectivity index (χ2v) is 14.4. The number of aliphatic hydroxyl groups excluding tert-OH is 5. The van der Waals surface area contributed by atoms with Crippen molar-refractivity contribution in [2.75, 3.05) is 13.7 Å². The number of hydrogen-bond donors (Lipinski definition) is 7. The van der Waals surface area contributed by atoms with Gasteiger partial charge in [0.15, 0.2) is 12.4 Å². The zero-order valence-corrected chi connectivity index (χ0v) is 29.0. The smallest absolute Gasteiger partial charge is 0.332 e. The van der Waals surface area contributed by atoms with Crippen molar-refractivity contribution in [2.45, 2.75) is 158 Å². The molecule has 1 saturated heterocycles. The van der Waals surface area contributed by atoms with E-state index in [0.29, 0.717) is 12.8 Å². The zero-order chi connectivity index (χ0) is 36.0. The summed E-state index contributed by atoms with van der Waals surface area (Å²) in [5.41, 5.74) is 0. The highest BCUT2D eigenvalue weighted by Gasteiger charge is 2.52. The second-order valence-electron chi connectivity index (χ2n) is 14.4. The molecule has 0 aromatic heterocycles. The Labute approximate surface area is 287 Å². The van der Waals surface area contributed by atoms with E-state index < -0.39 is 110 Å². The lowest BCUT2D eigenvalue weighted by molar-refractivity contribution is -0.322. The molecule has 49 heavy (non-hydrogen) atoms. The number of hydrogen-bond acceptors (Lipinski definition) is 13. The lowest BCUT2D eigenvalue weighted by atomic mass is 9.75. The molecule has 15 nitrogen and oxygen atoms in total. The number of carbonyl (C=O) groups excluding carboxylic acids is 2. The van der Waals surface area contributed by atoms with E-state index in [-0.39, 0.29) is 31.1 Å². The molecule has 1 aliphatic heterocycles. The number of carboxylic acid groups (broad SMARTS) is 1. The highest BCUT2D eigenvalue weighted by atomic mass is 16.7. The summed E-state index contributed by atoms with van der Waals surface area (Å²) in [4.78, 5) is 37.9. The van der Waals surface area contributed by atoms with Gasteiger partial charge in [-0.2, -0.15) is 0 Å². The van der Waals surface area contributed by atoms with Crippen LogP contribution in [-0.2, 0) is 38.1 Å². The van der Waals surface area contributed by atoms with Crippen molar-refractivity contribution in [1.82, 2.24) is 5.32 Å². The Morgan fingerprint density at radius 2 is 1.57 bits per heavy atom. The summed E-state index contributed by atoms with van der Waals surface area (Å²) in [7, 11) is 1.29. The molecule has 9 unspecified atom stereocenters. The quantitative estimate of drug-likeness (QED) is 0.128. The number of aliphatic carboxylic acids is 1. The van der Waals surface area contributed by atoms with E-state index in [1.807, 2.05) is 6.92 Å². The van der Waals surface area contributed by atoms with Crippen LogP contribution in [-0.4, -0.2) is 136 Å². The summed E-state index contributed by atoms with van der Waals surface area (Å²) in [5.74, 6) is -3.70. The number of nitrogens with one attached hydrogen (secondary N) is 1. The normalized spacial score (nSPS) is 41.1. The zero-order valence-electron chi connectivity index (χ0n) is 29.0. The van der Waals surface area contributed by atoms with Crippen molar-refractivity contribution in [3.63, 3.8) is 0 Å². The molecule has 0 bridgehead atoms. The maximum Gasteiger partial charge on any atom is 0.332 e. The van der Waals surface area contributed by atoms with E-state index in [1.54, 1.807) is 0 Å². The molecule has 15 heteroatoms. The third kappa shape index (κ3) is 9.69. The Morgan fingerprint density at radius 1 is 0.878 bits per heavy atom. The van der Waals surface area contributed by atoms with Crippen LogP contribution in [0.2, 0.25) is 0 Å². The largest absolute Gasteiger partial charge is 0.479 e. The number of esters is 1. The van der Waals surface area contributed by atoms with Crippen LogP contribution in [0.1, 0.15) is 85.0 Å². The van der Waals surface area contributed by atoms with Crippen molar-refractivity contribution in [3.05, 3.63) is 0 Å². The third-order valence-corrected chi connectivity index (χ3v) is 11.0. The van der Waals surface area contributed by atoms with Crippen LogP contribution in [0.3, 0.4) is 0 Å². The number of amides is 1. The Morgan fingerprint density at radius 3 is 2.16 bits per heavy atom. The van der Waals surface area contributed by atoms with Crippen molar-refractivity contribution >= 4 is 17.8 Å². The first kappa shape index (κ1) is 39.8. The van der Waals surface area contributed by atoms with Gasteiger partial charge in [-0.05, 0) is 44.4 Å². The Balaban J connectivity index is 1.65. The SMILES string of the molecule is CCC1CC(C(=O)OC)C[C@@H](O[C@@H]2CC(CO)[C@H](O)C(O[C@@H](CC3CCCCC3)C(=O)O)C2NC(C)=O)C1O[C@@H]1OC(C)[C@@H](O)C(O)C1O. The fourth-order valence-electron chi connectivity index (χ4n) is 8.21. The molecule has 1 amide bonds. The van der Waals surface area contributed by atoms with E-state index in [4.69, 9.17) is 23.7 Å². The summed E-state index contributed by atoms with van der Waals surface area (Å²) in [6, 6.07) is -1.05. The Hall–Kier alpha value is -1.95. The molecule has 4 rings (SSSR count). The number of rotatable bonds is 13. The van der Waals surface area contributed by atoms with Crippen LogP contribution < -0.4 is 5.32 Å². The summed E-state index contributed by atoms with van der Waals surface area (Å²) >= 11 is 0. The van der Waals surface area contributed by atoms with Gasteiger partial charge in [-0.3, -0.25) is 9.59 Å². The Bertz CT molecular complexity index is 1090. The van der Waals surface area contributed by atoms with Gasteiger partial charge in [0.2, 0.25) is 5.91 Å². The van der Waals surface area contributed by atoms with Gasteiger partial charge in [-0.1, -0.05) is 45.4 Å². The van der Waals surface area contributed by atoms with Crippen LogP contribution in [0, 0.1) is 23.7 Å². The summed E-state index contributed by atoms with van der Waals surface area (Å²) in [6.45, 7) is 4.25. The van der Waals surface area contributed by atoms with Crippen LogP contribution in [0.4, 0.5) is 0 Å². The third-order valence-electron chi connectivity index (χ3n) is 11.0. The van der Waals surface area contributed by atoms with Gasteiger partial charge in [0, 0.05) is 19.4 Å². The van der Waals surface area contributed by atoms with Crippen molar-refractivity contribution in [2.24, 2.45) is 23.7 Å². The first-order chi connectivity index (χ1) is 23.3. The van der Waals surface area contributed by atoms with Gasteiger partial charge in [-0.25, -0.2) is 4.79 Å². The fraction of sp³-hybridized carbons (Fsp3) is 0.912. The molecule has 282 valence electrons.